The SMILES string of the molecule is C[C@H](c1nc(N)nc(N(C)C)n1)N1CCC(c2nc3ccccc3s2)CC1. The summed E-state index contributed by atoms with van der Waals surface area (Å²) in [6.45, 7) is 4.15. The summed E-state index contributed by atoms with van der Waals surface area (Å²) in [5.74, 6) is 2.16. The monoisotopic (exact) mass is 383 g/mol. The number of nitrogens with two attached hydrogens (primary N) is 1. The molecule has 7 nitrogen and oxygen atoms in total. The third-order valence-electron chi connectivity index (χ3n) is 5.17. The number of para-hydroxylation sites is 1. The molecule has 1 saturated heterocycles. The molecule has 1 aromatic carbocycles. The molecule has 3 aromatic rings. The van der Waals surface area contributed by atoms with Crippen LogP contribution in [0, 0.1) is 0 Å². The molecule has 1 atom stereocenters. The number of thiazole rings is 1. The third-order valence-corrected chi connectivity index (χ3v) is 6.37. The average Bonchev–Trinajstić information content (AvgIpc) is 3.11. The zero-order valence-corrected chi connectivity index (χ0v) is 16.8. The van der Waals surface area contributed by atoms with Crippen LogP contribution in [0.4, 0.5) is 11.9 Å². The minimum absolute atomic E-state index is 0.116. The molecular formula is C19H25N7S. The number of piperidine rings is 1. The van der Waals surface area contributed by atoms with Crippen LogP contribution in [0.15, 0.2) is 24.3 Å². The van der Waals surface area contributed by atoms with Crippen molar-refractivity contribution in [2.45, 2.75) is 31.7 Å². The Labute approximate surface area is 163 Å². The number of aromatic nitrogens is 4. The zero-order chi connectivity index (χ0) is 19.0. The molecule has 142 valence electrons. The third kappa shape index (κ3) is 3.72. The van der Waals surface area contributed by atoms with Crippen LogP contribution >= 0.6 is 11.3 Å². The van der Waals surface area contributed by atoms with E-state index < -0.39 is 0 Å². The molecule has 1 aliphatic heterocycles. The molecule has 1 fully saturated rings. The topological polar surface area (TPSA) is 84.1 Å². The zero-order valence-electron chi connectivity index (χ0n) is 16.0. The number of hydrogen-bond acceptors (Lipinski definition) is 8. The maximum atomic E-state index is 5.89. The van der Waals surface area contributed by atoms with E-state index in [1.165, 1.54) is 9.71 Å². The number of nitrogens with zero attached hydrogens (tertiary/aromatic N) is 6. The van der Waals surface area contributed by atoms with Crippen LogP contribution in [-0.2, 0) is 0 Å². The highest BCUT2D eigenvalue weighted by Crippen LogP contribution is 2.35. The second-order valence-electron chi connectivity index (χ2n) is 7.25. The smallest absolute Gasteiger partial charge is 0.229 e. The van der Waals surface area contributed by atoms with Crippen molar-refractivity contribution in [1.29, 1.82) is 0 Å². The maximum Gasteiger partial charge on any atom is 0.229 e. The number of hydrogen-bond donors (Lipinski definition) is 1. The largest absolute Gasteiger partial charge is 0.368 e. The molecule has 0 bridgehead atoms. The summed E-state index contributed by atoms with van der Waals surface area (Å²) in [5, 5.41) is 1.27. The summed E-state index contributed by atoms with van der Waals surface area (Å²) >= 11 is 1.83. The molecule has 4 rings (SSSR count). The Bertz CT molecular complexity index is 898. The summed E-state index contributed by atoms with van der Waals surface area (Å²) in [6.07, 6.45) is 2.20. The Kier molecular flexibility index (Phi) is 4.92. The lowest BCUT2D eigenvalue weighted by atomic mass is 9.96. The second kappa shape index (κ2) is 7.36. The van der Waals surface area contributed by atoms with Gasteiger partial charge in [0.05, 0.1) is 21.3 Å². The fraction of sp³-hybridized carbons (Fsp3) is 0.474. The van der Waals surface area contributed by atoms with Crippen LogP contribution in [0.5, 0.6) is 0 Å². The van der Waals surface area contributed by atoms with Gasteiger partial charge in [-0.25, -0.2) is 4.98 Å². The number of benzene rings is 1. The predicted octanol–water partition coefficient (Wildman–Crippen LogP) is 3.07. The van der Waals surface area contributed by atoms with Gasteiger partial charge in [0.2, 0.25) is 11.9 Å². The fourth-order valence-electron chi connectivity index (χ4n) is 3.55. The van der Waals surface area contributed by atoms with Gasteiger partial charge >= 0.3 is 0 Å². The van der Waals surface area contributed by atoms with Gasteiger partial charge in [-0.05, 0) is 45.0 Å². The lowest BCUT2D eigenvalue weighted by molar-refractivity contribution is 0.157. The van der Waals surface area contributed by atoms with Gasteiger partial charge in [0.25, 0.3) is 0 Å². The Morgan fingerprint density at radius 1 is 1.11 bits per heavy atom. The van der Waals surface area contributed by atoms with Gasteiger partial charge in [-0.2, -0.15) is 15.0 Å². The number of rotatable bonds is 4. The van der Waals surface area contributed by atoms with Crippen LogP contribution in [0.3, 0.4) is 0 Å². The van der Waals surface area contributed by atoms with Crippen LogP contribution in [0.1, 0.15) is 42.6 Å². The van der Waals surface area contributed by atoms with Crippen molar-refractivity contribution < 1.29 is 0 Å². The van der Waals surface area contributed by atoms with Crippen molar-refractivity contribution in [2.24, 2.45) is 0 Å². The quantitative estimate of drug-likeness (QED) is 0.741. The molecule has 8 heteroatoms. The standard InChI is InChI=1S/C19H25N7S/c1-12(16-22-18(20)24-19(23-16)25(2)3)26-10-8-13(9-11-26)17-21-14-6-4-5-7-15(14)27-17/h4-7,12-13H,8-11H2,1-3H3,(H2,20,22,23,24)/t12-/m1/s1. The molecule has 1 aliphatic rings. The van der Waals surface area contributed by atoms with Gasteiger partial charge in [-0.3, -0.25) is 4.90 Å². The van der Waals surface area contributed by atoms with E-state index in [1.807, 2.05) is 30.3 Å². The van der Waals surface area contributed by atoms with Crippen LogP contribution < -0.4 is 10.6 Å². The summed E-state index contributed by atoms with van der Waals surface area (Å²) in [6, 6.07) is 8.50. The van der Waals surface area contributed by atoms with E-state index in [4.69, 9.17) is 10.7 Å². The molecule has 2 N–H and O–H groups in total. The summed E-state index contributed by atoms with van der Waals surface area (Å²) in [7, 11) is 3.82. The minimum Gasteiger partial charge on any atom is -0.368 e. The highest BCUT2D eigenvalue weighted by Gasteiger charge is 2.28. The highest BCUT2D eigenvalue weighted by molar-refractivity contribution is 7.18. The van der Waals surface area contributed by atoms with E-state index in [9.17, 15) is 0 Å². The second-order valence-corrected chi connectivity index (χ2v) is 8.31. The Morgan fingerprint density at radius 3 is 2.56 bits per heavy atom. The first kappa shape index (κ1) is 18.1. The Balaban J connectivity index is 1.45. The molecule has 0 spiro atoms. The van der Waals surface area contributed by atoms with Crippen LogP contribution in [0.2, 0.25) is 0 Å². The highest BCUT2D eigenvalue weighted by atomic mass is 32.1. The summed E-state index contributed by atoms with van der Waals surface area (Å²) in [5.41, 5.74) is 7.00. The lowest BCUT2D eigenvalue weighted by Crippen LogP contribution is -2.36. The van der Waals surface area contributed by atoms with Crippen molar-refractivity contribution in [2.75, 3.05) is 37.8 Å². The molecule has 0 saturated carbocycles. The van der Waals surface area contributed by atoms with Gasteiger partial charge in [0.15, 0.2) is 5.82 Å². The van der Waals surface area contributed by atoms with E-state index in [2.05, 4.69) is 51.0 Å². The van der Waals surface area contributed by atoms with Gasteiger partial charge in [0.1, 0.15) is 0 Å². The fourth-order valence-corrected chi connectivity index (χ4v) is 4.68. The summed E-state index contributed by atoms with van der Waals surface area (Å²) < 4.78 is 1.28. The van der Waals surface area contributed by atoms with Gasteiger partial charge in [0, 0.05) is 20.0 Å². The van der Waals surface area contributed by atoms with Crippen molar-refractivity contribution in [3.05, 3.63) is 35.1 Å². The van der Waals surface area contributed by atoms with Crippen LogP contribution in [-0.4, -0.2) is 52.0 Å². The minimum atomic E-state index is 0.116. The molecule has 0 radical (unpaired) electrons. The van der Waals surface area contributed by atoms with Crippen molar-refractivity contribution in [3.8, 4) is 0 Å². The van der Waals surface area contributed by atoms with Crippen molar-refractivity contribution in [1.82, 2.24) is 24.8 Å². The molecule has 27 heavy (non-hydrogen) atoms. The number of nitrogen functional groups attached to an aromatic ring is 1. The van der Waals surface area contributed by atoms with E-state index in [0.717, 1.165) is 37.3 Å². The van der Waals surface area contributed by atoms with Gasteiger partial charge < -0.3 is 10.6 Å². The molecule has 2 aromatic heterocycles. The molecule has 0 aliphatic carbocycles. The Hall–Kier alpha value is -2.32. The van der Waals surface area contributed by atoms with E-state index in [0.29, 0.717) is 11.9 Å². The van der Waals surface area contributed by atoms with Gasteiger partial charge in [-0.15, -0.1) is 11.3 Å². The lowest BCUT2D eigenvalue weighted by Gasteiger charge is -2.34. The first-order chi connectivity index (χ1) is 13.0. The molecule has 0 unspecified atom stereocenters. The van der Waals surface area contributed by atoms with Crippen LogP contribution in [0.25, 0.3) is 10.2 Å². The Morgan fingerprint density at radius 2 is 1.85 bits per heavy atom. The van der Waals surface area contributed by atoms with E-state index in [-0.39, 0.29) is 12.0 Å². The number of fused-ring (bicyclic) bond motifs is 1. The summed E-state index contributed by atoms with van der Waals surface area (Å²) in [4.78, 5) is 22.3. The van der Waals surface area contributed by atoms with Crippen molar-refractivity contribution in [3.63, 3.8) is 0 Å². The normalized spacial score (nSPS) is 17.3. The first-order valence-corrected chi connectivity index (χ1v) is 10.1. The molecular weight excluding hydrogens is 358 g/mol. The van der Waals surface area contributed by atoms with Gasteiger partial charge in [-0.1, -0.05) is 12.1 Å². The number of anilines is 2. The van der Waals surface area contributed by atoms with E-state index in [1.54, 1.807) is 0 Å². The van der Waals surface area contributed by atoms with Crippen molar-refractivity contribution >= 4 is 33.5 Å². The maximum absolute atomic E-state index is 5.89. The van der Waals surface area contributed by atoms with E-state index >= 15 is 0 Å². The predicted molar refractivity (Wildman–Crippen MR) is 110 cm³/mol. The molecule has 0 amide bonds. The molecule has 3 heterocycles. The number of likely N-dealkylation sites (tertiary alicyclic amines) is 1. The first-order valence-electron chi connectivity index (χ1n) is 9.29. The average molecular weight is 384 g/mol.